The second kappa shape index (κ2) is 7.85. The smallest absolute Gasteiger partial charge is 0.359 e. The normalized spacial score (nSPS) is 11.8. The van der Waals surface area contributed by atoms with Crippen molar-refractivity contribution in [3.05, 3.63) is 16.6 Å². The first-order chi connectivity index (χ1) is 8.67. The molecule has 98 valence electrons. The van der Waals surface area contributed by atoms with E-state index in [4.69, 9.17) is 4.74 Å². The Morgan fingerprint density at radius 3 is 2.83 bits per heavy atom. The lowest BCUT2D eigenvalue weighted by Crippen LogP contribution is -2.23. The van der Waals surface area contributed by atoms with Crippen molar-refractivity contribution in [1.82, 2.24) is 9.88 Å². The summed E-state index contributed by atoms with van der Waals surface area (Å²) in [5, 5.41) is 1.67. The molecular weight excluding hydrogens is 248 g/mol. The number of hydrogen-bond donors (Lipinski definition) is 0. The largest absolute Gasteiger partial charge is 0.445 e. The summed E-state index contributed by atoms with van der Waals surface area (Å²) >= 11 is 1.37. The first-order valence-corrected chi connectivity index (χ1v) is 6.91. The molecule has 18 heavy (non-hydrogen) atoms. The molecule has 0 saturated heterocycles. The van der Waals surface area contributed by atoms with Crippen LogP contribution in [0.3, 0.4) is 0 Å². The maximum Gasteiger partial charge on any atom is 0.359 e. The lowest BCUT2D eigenvalue weighted by atomic mass is 10.3. The Bertz CT molecular complexity index is 416. The molecule has 4 nitrogen and oxygen atoms in total. The van der Waals surface area contributed by atoms with E-state index in [1.54, 1.807) is 17.8 Å². The van der Waals surface area contributed by atoms with Crippen LogP contribution in [0.5, 0.6) is 0 Å². The lowest BCUT2D eigenvalue weighted by Gasteiger charge is -2.13. The molecule has 1 heterocycles. The highest BCUT2D eigenvalue weighted by atomic mass is 32.1. The van der Waals surface area contributed by atoms with Crippen LogP contribution in [0.15, 0.2) is 10.9 Å². The number of aromatic nitrogens is 1. The summed E-state index contributed by atoms with van der Waals surface area (Å²) in [6.07, 6.45) is -0.408. The van der Waals surface area contributed by atoms with Gasteiger partial charge < -0.3 is 4.74 Å². The van der Waals surface area contributed by atoms with Gasteiger partial charge in [0.05, 0.1) is 12.1 Å². The highest BCUT2D eigenvalue weighted by Crippen LogP contribution is 2.04. The van der Waals surface area contributed by atoms with E-state index in [2.05, 4.69) is 35.6 Å². The van der Waals surface area contributed by atoms with Crippen molar-refractivity contribution in [2.24, 2.45) is 0 Å². The third-order valence-corrected chi connectivity index (χ3v) is 3.01. The zero-order valence-corrected chi connectivity index (χ0v) is 11.8. The number of rotatable bonds is 5. The average Bonchev–Trinajstić information content (AvgIpc) is 2.88. The Kier molecular flexibility index (Phi) is 6.40. The molecule has 0 saturated carbocycles. The molecule has 0 N–H and O–H groups in total. The Morgan fingerprint density at radius 2 is 2.28 bits per heavy atom. The molecule has 1 aromatic rings. The topological polar surface area (TPSA) is 42.4 Å². The lowest BCUT2D eigenvalue weighted by molar-refractivity contribution is 0.0432. The number of carbonyl (C=O) groups is 1. The van der Waals surface area contributed by atoms with Gasteiger partial charge in [-0.1, -0.05) is 25.7 Å². The zero-order valence-electron chi connectivity index (χ0n) is 11.0. The first kappa shape index (κ1) is 14.7. The van der Waals surface area contributed by atoms with Crippen LogP contribution in [0, 0.1) is 11.8 Å². The van der Waals surface area contributed by atoms with E-state index in [-0.39, 0.29) is 0 Å². The molecule has 0 aliphatic rings. The van der Waals surface area contributed by atoms with Gasteiger partial charge in [-0.05, 0) is 20.0 Å². The number of carbonyl (C=O) groups excluding carboxylic acids is 1. The van der Waals surface area contributed by atoms with Gasteiger partial charge in [0.2, 0.25) is 0 Å². The van der Waals surface area contributed by atoms with Crippen molar-refractivity contribution < 1.29 is 9.53 Å². The molecule has 0 bridgehead atoms. The molecule has 1 rings (SSSR count). The number of hydrogen-bond acceptors (Lipinski definition) is 5. The highest BCUT2D eigenvalue weighted by Gasteiger charge is 2.11. The quantitative estimate of drug-likeness (QED) is 0.604. The molecule has 0 aliphatic carbocycles. The first-order valence-electron chi connectivity index (χ1n) is 5.97. The predicted octanol–water partition coefficient (Wildman–Crippen LogP) is 2.03. The predicted molar refractivity (Wildman–Crippen MR) is 72.6 cm³/mol. The van der Waals surface area contributed by atoms with Crippen LogP contribution in [0.25, 0.3) is 0 Å². The molecule has 0 fully saturated rings. The average molecular weight is 266 g/mol. The summed E-state index contributed by atoms with van der Waals surface area (Å²) in [5.74, 6) is 5.52. The van der Waals surface area contributed by atoms with Gasteiger partial charge in [-0.2, -0.15) is 0 Å². The van der Waals surface area contributed by atoms with Crippen LogP contribution in [0.1, 0.15) is 31.3 Å². The second-order valence-electron chi connectivity index (χ2n) is 3.70. The van der Waals surface area contributed by atoms with Crippen LogP contribution in [-0.2, 0) is 4.74 Å². The maximum atomic E-state index is 11.6. The monoisotopic (exact) mass is 266 g/mol. The van der Waals surface area contributed by atoms with Gasteiger partial charge in [-0.15, -0.1) is 11.3 Å². The van der Waals surface area contributed by atoms with Gasteiger partial charge in [0.25, 0.3) is 0 Å². The molecular formula is C13H18N2O2S. The van der Waals surface area contributed by atoms with Crippen LogP contribution in [-0.4, -0.2) is 41.6 Å². The Labute approximate surface area is 112 Å². The summed E-state index contributed by atoms with van der Waals surface area (Å²) < 4.78 is 5.16. The van der Waals surface area contributed by atoms with E-state index in [1.165, 1.54) is 11.3 Å². The van der Waals surface area contributed by atoms with Gasteiger partial charge in [-0.25, -0.2) is 9.78 Å². The third kappa shape index (κ3) is 4.86. The molecule has 1 atom stereocenters. The van der Waals surface area contributed by atoms with Crippen LogP contribution < -0.4 is 0 Å². The fourth-order valence-electron chi connectivity index (χ4n) is 1.31. The van der Waals surface area contributed by atoms with Gasteiger partial charge in [0, 0.05) is 5.38 Å². The van der Waals surface area contributed by atoms with E-state index in [0.717, 1.165) is 13.1 Å². The standard InChI is InChI=1S/C13H18N2O2S/c1-4-15(5-2)8-6-7-11(3)17-13(16)12-9-18-10-14-12/h9-11H,4-5,8H2,1-3H3/t11-/m1/s1. The molecule has 5 heteroatoms. The molecule has 0 amide bonds. The molecule has 0 unspecified atom stereocenters. The minimum absolute atomic E-state index is 0.345. The number of thiazole rings is 1. The van der Waals surface area contributed by atoms with Crippen molar-refractivity contribution >= 4 is 17.3 Å². The van der Waals surface area contributed by atoms with E-state index in [1.807, 2.05) is 0 Å². The van der Waals surface area contributed by atoms with Gasteiger partial charge in [0.15, 0.2) is 11.8 Å². The van der Waals surface area contributed by atoms with Gasteiger partial charge in [-0.3, -0.25) is 4.90 Å². The second-order valence-corrected chi connectivity index (χ2v) is 4.42. The molecule has 1 aromatic heterocycles. The van der Waals surface area contributed by atoms with Crippen molar-refractivity contribution in [1.29, 1.82) is 0 Å². The summed E-state index contributed by atoms with van der Waals surface area (Å²) in [6.45, 7) is 8.59. The highest BCUT2D eigenvalue weighted by molar-refractivity contribution is 7.07. The van der Waals surface area contributed by atoms with Crippen molar-refractivity contribution in [2.45, 2.75) is 26.9 Å². The molecule has 0 aliphatic heterocycles. The Balaban J connectivity index is 2.40. The molecule has 0 spiro atoms. The SMILES string of the molecule is CCN(CC)CC#C[C@@H](C)OC(=O)c1cscn1. The van der Waals surface area contributed by atoms with Crippen molar-refractivity contribution in [3.8, 4) is 11.8 Å². The minimum atomic E-state index is -0.416. The van der Waals surface area contributed by atoms with E-state index in [9.17, 15) is 4.79 Å². The van der Waals surface area contributed by atoms with Crippen LogP contribution in [0.4, 0.5) is 0 Å². The minimum Gasteiger partial charge on any atom is -0.445 e. The van der Waals surface area contributed by atoms with Crippen molar-refractivity contribution in [2.75, 3.05) is 19.6 Å². The number of esters is 1. The van der Waals surface area contributed by atoms with Gasteiger partial charge >= 0.3 is 5.97 Å². The fourth-order valence-corrected chi connectivity index (χ4v) is 1.83. The number of ether oxygens (including phenoxy) is 1. The molecule has 0 radical (unpaired) electrons. The maximum absolute atomic E-state index is 11.6. The summed E-state index contributed by atoms with van der Waals surface area (Å²) in [6, 6.07) is 0. The third-order valence-electron chi connectivity index (χ3n) is 2.43. The van der Waals surface area contributed by atoms with E-state index >= 15 is 0 Å². The van der Waals surface area contributed by atoms with Crippen LogP contribution >= 0.6 is 11.3 Å². The summed E-state index contributed by atoms with van der Waals surface area (Å²) in [5.41, 5.74) is 1.95. The Hall–Kier alpha value is -1.38. The molecule has 0 aromatic carbocycles. The number of nitrogens with zero attached hydrogens (tertiary/aromatic N) is 2. The van der Waals surface area contributed by atoms with Gasteiger partial charge in [0.1, 0.15) is 0 Å². The fraction of sp³-hybridized carbons (Fsp3) is 0.538. The summed E-state index contributed by atoms with van der Waals surface area (Å²) in [4.78, 5) is 17.7. The summed E-state index contributed by atoms with van der Waals surface area (Å²) in [7, 11) is 0. The van der Waals surface area contributed by atoms with E-state index < -0.39 is 12.1 Å². The zero-order chi connectivity index (χ0) is 13.4. The Morgan fingerprint density at radius 1 is 1.56 bits per heavy atom. The van der Waals surface area contributed by atoms with Crippen LogP contribution in [0.2, 0.25) is 0 Å². The van der Waals surface area contributed by atoms with E-state index in [0.29, 0.717) is 12.2 Å². The van der Waals surface area contributed by atoms with Crippen molar-refractivity contribution in [3.63, 3.8) is 0 Å².